The fourth-order valence-electron chi connectivity index (χ4n) is 1.50. The van der Waals surface area contributed by atoms with E-state index in [-0.39, 0.29) is 0 Å². The molecule has 0 unspecified atom stereocenters. The molecular weight excluding hydrogens is 188 g/mol. The molecule has 0 aliphatic rings. The van der Waals surface area contributed by atoms with Crippen LogP contribution in [0.15, 0.2) is 24.4 Å². The smallest absolute Gasteiger partial charge is 0.129 e. The molecule has 0 fully saturated rings. The Kier molecular flexibility index (Phi) is 3.92. The van der Waals surface area contributed by atoms with E-state index in [1.54, 1.807) is 13.3 Å². The third kappa shape index (κ3) is 2.37. The Hall–Kier alpha value is -1.77. The van der Waals surface area contributed by atoms with E-state index in [4.69, 9.17) is 10.1 Å². The zero-order chi connectivity index (χ0) is 11.3. The predicted octanol–water partition coefficient (Wildman–Crippen LogP) is 2.21. The first kappa shape index (κ1) is 11.3. The van der Waals surface area contributed by atoms with E-state index < -0.39 is 0 Å². The van der Waals surface area contributed by atoms with Crippen LogP contribution in [-0.4, -0.2) is 20.4 Å². The number of allylic oxidation sites excluding steroid dienone is 1. The Morgan fingerprint density at radius 1 is 1.47 bits per heavy atom. The molecule has 0 bridgehead atoms. The number of ether oxygens (including phenoxy) is 1. The van der Waals surface area contributed by atoms with Crippen LogP contribution in [0.2, 0.25) is 0 Å². The minimum absolute atomic E-state index is 0.804. The van der Waals surface area contributed by atoms with Crippen molar-refractivity contribution in [1.82, 2.24) is 5.32 Å². The van der Waals surface area contributed by atoms with E-state index in [0.29, 0.717) is 0 Å². The molecule has 0 heterocycles. The molecule has 0 saturated carbocycles. The zero-order valence-corrected chi connectivity index (χ0v) is 9.29. The van der Waals surface area contributed by atoms with Crippen LogP contribution in [0.3, 0.4) is 0 Å². The van der Waals surface area contributed by atoms with Gasteiger partial charge in [0.15, 0.2) is 0 Å². The van der Waals surface area contributed by atoms with Crippen LogP contribution < -0.4 is 10.1 Å². The van der Waals surface area contributed by atoms with Gasteiger partial charge < -0.3 is 15.5 Å². The first-order valence-electron chi connectivity index (χ1n) is 4.76. The number of para-hydroxylation sites is 1. The van der Waals surface area contributed by atoms with Crippen LogP contribution in [-0.2, 0) is 0 Å². The monoisotopic (exact) mass is 204 g/mol. The van der Waals surface area contributed by atoms with Gasteiger partial charge in [0, 0.05) is 30.6 Å². The van der Waals surface area contributed by atoms with E-state index in [1.807, 2.05) is 32.2 Å². The molecule has 80 valence electrons. The minimum Gasteiger partial charge on any atom is -0.496 e. The highest BCUT2D eigenvalue weighted by Crippen LogP contribution is 2.27. The van der Waals surface area contributed by atoms with Crippen LogP contribution in [0.1, 0.15) is 11.1 Å². The van der Waals surface area contributed by atoms with Crippen molar-refractivity contribution in [1.29, 1.82) is 5.41 Å². The highest BCUT2D eigenvalue weighted by atomic mass is 16.5. The topological polar surface area (TPSA) is 45.1 Å². The molecule has 15 heavy (non-hydrogen) atoms. The van der Waals surface area contributed by atoms with Gasteiger partial charge in [0.25, 0.3) is 0 Å². The fraction of sp³-hybridized carbons (Fsp3) is 0.250. The Labute approximate surface area is 90.3 Å². The highest BCUT2D eigenvalue weighted by molar-refractivity contribution is 6.09. The SMILES string of the molecule is CN/C=C(\C=N)c1cccc(C)c1OC. The second-order valence-corrected chi connectivity index (χ2v) is 3.19. The van der Waals surface area contributed by atoms with Crippen LogP contribution in [0, 0.1) is 12.3 Å². The van der Waals surface area contributed by atoms with E-state index in [9.17, 15) is 0 Å². The van der Waals surface area contributed by atoms with Crippen molar-refractivity contribution in [2.45, 2.75) is 6.92 Å². The number of aryl methyl sites for hydroxylation is 1. The van der Waals surface area contributed by atoms with E-state index in [2.05, 4.69) is 5.32 Å². The van der Waals surface area contributed by atoms with Gasteiger partial charge in [-0.05, 0) is 12.5 Å². The summed E-state index contributed by atoms with van der Waals surface area (Å²) in [6.45, 7) is 1.99. The van der Waals surface area contributed by atoms with Gasteiger partial charge in [0.1, 0.15) is 5.75 Å². The maximum absolute atomic E-state index is 7.35. The van der Waals surface area contributed by atoms with E-state index in [0.717, 1.165) is 22.4 Å². The van der Waals surface area contributed by atoms with Gasteiger partial charge in [-0.2, -0.15) is 0 Å². The molecule has 0 spiro atoms. The summed E-state index contributed by atoms with van der Waals surface area (Å²) in [5.41, 5.74) is 2.80. The largest absolute Gasteiger partial charge is 0.496 e. The van der Waals surface area contributed by atoms with Gasteiger partial charge in [-0.3, -0.25) is 0 Å². The molecule has 0 radical (unpaired) electrons. The van der Waals surface area contributed by atoms with Crippen molar-refractivity contribution in [3.05, 3.63) is 35.5 Å². The van der Waals surface area contributed by atoms with E-state index in [1.165, 1.54) is 6.21 Å². The van der Waals surface area contributed by atoms with Crippen molar-refractivity contribution < 1.29 is 4.74 Å². The molecule has 0 atom stereocenters. The second kappa shape index (κ2) is 5.20. The maximum atomic E-state index is 7.35. The Morgan fingerprint density at radius 3 is 2.73 bits per heavy atom. The standard InChI is InChI=1S/C12H16N2O/c1-9-5-4-6-11(12(9)15-3)10(7-13)8-14-2/h4-8,13-14H,1-3H3/b10-8+,13-7?. The number of nitrogens with one attached hydrogen (secondary N) is 2. The molecule has 1 rings (SSSR count). The van der Waals surface area contributed by atoms with Gasteiger partial charge in [-0.1, -0.05) is 18.2 Å². The first-order chi connectivity index (χ1) is 7.24. The van der Waals surface area contributed by atoms with Crippen LogP contribution >= 0.6 is 0 Å². The zero-order valence-electron chi connectivity index (χ0n) is 9.29. The summed E-state index contributed by atoms with van der Waals surface area (Å²) in [5.74, 6) is 0.822. The summed E-state index contributed by atoms with van der Waals surface area (Å²) in [5, 5.41) is 10.3. The number of hydrogen-bond acceptors (Lipinski definition) is 3. The minimum atomic E-state index is 0.804. The van der Waals surface area contributed by atoms with Gasteiger partial charge in [0.2, 0.25) is 0 Å². The molecule has 3 nitrogen and oxygen atoms in total. The Balaban J connectivity index is 3.29. The van der Waals surface area contributed by atoms with Gasteiger partial charge >= 0.3 is 0 Å². The summed E-state index contributed by atoms with van der Waals surface area (Å²) in [7, 11) is 3.46. The third-order valence-electron chi connectivity index (χ3n) is 2.18. The third-order valence-corrected chi connectivity index (χ3v) is 2.18. The number of benzene rings is 1. The normalized spacial score (nSPS) is 11.0. The molecule has 0 aromatic heterocycles. The maximum Gasteiger partial charge on any atom is 0.129 e. The summed E-state index contributed by atoms with van der Waals surface area (Å²) >= 11 is 0. The molecule has 0 aliphatic heterocycles. The average molecular weight is 204 g/mol. The second-order valence-electron chi connectivity index (χ2n) is 3.19. The Bertz CT molecular complexity index is 383. The quantitative estimate of drug-likeness (QED) is 0.738. The van der Waals surface area contributed by atoms with Crippen molar-refractivity contribution >= 4 is 11.8 Å². The highest BCUT2D eigenvalue weighted by Gasteiger charge is 2.08. The van der Waals surface area contributed by atoms with Crippen molar-refractivity contribution in [2.24, 2.45) is 0 Å². The molecule has 1 aromatic rings. The van der Waals surface area contributed by atoms with Crippen molar-refractivity contribution in [2.75, 3.05) is 14.2 Å². The summed E-state index contributed by atoms with van der Waals surface area (Å²) < 4.78 is 5.33. The number of methoxy groups -OCH3 is 1. The molecule has 3 heteroatoms. The Morgan fingerprint density at radius 2 is 2.20 bits per heavy atom. The van der Waals surface area contributed by atoms with Crippen molar-refractivity contribution in [3.8, 4) is 5.75 Å². The number of rotatable bonds is 4. The molecule has 0 saturated heterocycles. The lowest BCUT2D eigenvalue weighted by Crippen LogP contribution is -2.00. The lowest BCUT2D eigenvalue weighted by Gasteiger charge is -2.11. The summed E-state index contributed by atoms with van der Waals surface area (Å²) in [6.07, 6.45) is 3.10. The molecule has 0 aliphatic carbocycles. The predicted molar refractivity (Wildman–Crippen MR) is 63.6 cm³/mol. The molecule has 2 N–H and O–H groups in total. The summed E-state index contributed by atoms with van der Waals surface area (Å²) in [4.78, 5) is 0. The van der Waals surface area contributed by atoms with Crippen LogP contribution in [0.25, 0.3) is 5.57 Å². The molecule has 0 amide bonds. The molecular formula is C12H16N2O. The lowest BCUT2D eigenvalue weighted by molar-refractivity contribution is 0.410. The average Bonchev–Trinajstić information content (AvgIpc) is 2.25. The van der Waals surface area contributed by atoms with Crippen LogP contribution in [0.4, 0.5) is 0 Å². The molecule has 1 aromatic carbocycles. The van der Waals surface area contributed by atoms with Gasteiger partial charge in [-0.25, -0.2) is 0 Å². The van der Waals surface area contributed by atoms with Gasteiger partial charge in [-0.15, -0.1) is 0 Å². The first-order valence-corrected chi connectivity index (χ1v) is 4.76. The summed E-state index contributed by atoms with van der Waals surface area (Å²) in [6, 6.07) is 5.89. The van der Waals surface area contributed by atoms with E-state index >= 15 is 0 Å². The van der Waals surface area contributed by atoms with Gasteiger partial charge in [0.05, 0.1) is 7.11 Å². The fourth-order valence-corrected chi connectivity index (χ4v) is 1.50. The van der Waals surface area contributed by atoms with Crippen LogP contribution in [0.5, 0.6) is 5.75 Å². The van der Waals surface area contributed by atoms with Crippen molar-refractivity contribution in [3.63, 3.8) is 0 Å². The number of hydrogen-bond donors (Lipinski definition) is 2. The lowest BCUT2D eigenvalue weighted by atomic mass is 10.0.